The summed E-state index contributed by atoms with van der Waals surface area (Å²) >= 11 is 0. The van der Waals surface area contributed by atoms with Gasteiger partial charge in [0.15, 0.2) is 0 Å². The fourth-order valence-electron chi connectivity index (χ4n) is 2.75. The highest BCUT2D eigenvalue weighted by Crippen LogP contribution is 2.34. The van der Waals surface area contributed by atoms with Crippen molar-refractivity contribution in [3.63, 3.8) is 0 Å². The largest absolute Gasteiger partial charge is 0.391 e. The van der Waals surface area contributed by atoms with E-state index in [9.17, 15) is 10.1 Å². The number of aromatic nitrogens is 2. The van der Waals surface area contributed by atoms with Gasteiger partial charge in [0, 0.05) is 16.8 Å². The lowest BCUT2D eigenvalue weighted by Crippen LogP contribution is -1.95. The van der Waals surface area contributed by atoms with Gasteiger partial charge in [-0.25, -0.2) is 0 Å². The van der Waals surface area contributed by atoms with Crippen molar-refractivity contribution in [1.82, 2.24) is 10.2 Å². The highest BCUT2D eigenvalue weighted by Gasteiger charge is 2.15. The highest BCUT2D eigenvalue weighted by molar-refractivity contribution is 6.24. The molecule has 0 aliphatic heterocycles. The molecule has 4 rings (SSSR count). The number of fused-ring (bicyclic) bond motifs is 6. The third kappa shape index (κ3) is 1.64. The fraction of sp³-hybridized carbons (Fsp3) is 0. The van der Waals surface area contributed by atoms with E-state index in [2.05, 4.69) is 10.2 Å². The summed E-state index contributed by atoms with van der Waals surface area (Å²) in [7, 11) is 0. The van der Waals surface area contributed by atoms with Crippen LogP contribution in [0.1, 0.15) is 0 Å². The van der Waals surface area contributed by atoms with Crippen molar-refractivity contribution in [2.24, 2.45) is 0 Å². The smallest absolute Gasteiger partial charge is 0.358 e. The lowest BCUT2D eigenvalue weighted by molar-refractivity contribution is -0.390. The summed E-state index contributed by atoms with van der Waals surface area (Å²) in [6.45, 7) is 0. The predicted octanol–water partition coefficient (Wildman–Crippen LogP) is 3.84. The Morgan fingerprint density at radius 3 is 1.90 bits per heavy atom. The maximum absolute atomic E-state index is 10.9. The van der Waals surface area contributed by atoms with E-state index in [0.29, 0.717) is 5.52 Å². The lowest BCUT2D eigenvalue weighted by Gasteiger charge is -2.07. The van der Waals surface area contributed by atoms with Gasteiger partial charge in [-0.15, -0.1) is 0 Å². The first kappa shape index (κ1) is 11.7. The monoisotopic (exact) mass is 275 g/mol. The van der Waals surface area contributed by atoms with Gasteiger partial charge in [-0.1, -0.05) is 48.5 Å². The Kier molecular flexibility index (Phi) is 2.35. The van der Waals surface area contributed by atoms with Crippen molar-refractivity contribution in [2.75, 3.05) is 0 Å². The van der Waals surface area contributed by atoms with Crippen LogP contribution in [0.4, 0.5) is 5.82 Å². The van der Waals surface area contributed by atoms with Crippen LogP contribution in [0.2, 0.25) is 0 Å². The van der Waals surface area contributed by atoms with E-state index in [4.69, 9.17) is 0 Å². The van der Waals surface area contributed by atoms with E-state index in [1.165, 1.54) is 6.07 Å². The molecule has 0 radical (unpaired) electrons. The normalized spacial score (nSPS) is 11.2. The van der Waals surface area contributed by atoms with E-state index in [1.807, 2.05) is 48.5 Å². The van der Waals surface area contributed by atoms with E-state index >= 15 is 0 Å². The molecule has 4 aromatic rings. The molecule has 0 atom stereocenters. The number of hydrogen-bond acceptors (Lipinski definition) is 4. The van der Waals surface area contributed by atoms with Crippen LogP contribution in [0.5, 0.6) is 0 Å². The summed E-state index contributed by atoms with van der Waals surface area (Å²) in [5, 5.41) is 23.5. The minimum atomic E-state index is -0.517. The first-order valence-corrected chi connectivity index (χ1v) is 6.47. The molecular formula is C16H9N3O2. The first-order valence-electron chi connectivity index (χ1n) is 6.47. The van der Waals surface area contributed by atoms with Crippen molar-refractivity contribution < 1.29 is 4.92 Å². The Morgan fingerprint density at radius 2 is 1.29 bits per heavy atom. The molecule has 0 saturated heterocycles. The van der Waals surface area contributed by atoms with E-state index in [-0.39, 0.29) is 5.82 Å². The van der Waals surface area contributed by atoms with Gasteiger partial charge in [0.25, 0.3) is 0 Å². The number of nitrogens with zero attached hydrogens (tertiary/aromatic N) is 3. The fourth-order valence-corrected chi connectivity index (χ4v) is 2.75. The third-order valence-electron chi connectivity index (χ3n) is 3.66. The zero-order valence-electron chi connectivity index (χ0n) is 10.9. The molecule has 5 nitrogen and oxygen atoms in total. The number of hydrogen-bond donors (Lipinski definition) is 0. The maximum atomic E-state index is 10.9. The van der Waals surface area contributed by atoms with Gasteiger partial charge in [-0.05, 0) is 26.2 Å². The second-order valence-corrected chi connectivity index (χ2v) is 4.81. The maximum Gasteiger partial charge on any atom is 0.391 e. The lowest BCUT2D eigenvalue weighted by atomic mass is 9.97. The van der Waals surface area contributed by atoms with Crippen LogP contribution < -0.4 is 0 Å². The van der Waals surface area contributed by atoms with Gasteiger partial charge < -0.3 is 10.1 Å². The topological polar surface area (TPSA) is 68.9 Å². The Labute approximate surface area is 119 Å². The molecule has 0 spiro atoms. The molecule has 0 amide bonds. The van der Waals surface area contributed by atoms with Gasteiger partial charge in [0.1, 0.15) is 5.52 Å². The highest BCUT2D eigenvalue weighted by atomic mass is 16.6. The number of rotatable bonds is 1. The molecule has 3 aromatic carbocycles. The van der Waals surface area contributed by atoms with E-state index in [0.717, 1.165) is 26.9 Å². The SMILES string of the molecule is O=[N+]([O-])c1cc2c3ccccc3c3ccccc3c2nn1. The average Bonchev–Trinajstić information content (AvgIpc) is 2.54. The van der Waals surface area contributed by atoms with Gasteiger partial charge >= 0.3 is 5.82 Å². The third-order valence-corrected chi connectivity index (χ3v) is 3.66. The molecule has 0 aliphatic carbocycles. The summed E-state index contributed by atoms with van der Waals surface area (Å²) in [5.41, 5.74) is 0.690. The van der Waals surface area contributed by atoms with Crippen molar-refractivity contribution in [3.8, 4) is 0 Å². The standard InChI is InChI=1S/C16H9N3O2/c20-19(21)15-9-14-12-7-2-1-5-10(12)11-6-3-4-8-13(11)16(14)18-17-15/h1-9H. The minimum absolute atomic E-state index is 0.233. The van der Waals surface area contributed by atoms with Gasteiger partial charge in [-0.2, -0.15) is 0 Å². The summed E-state index contributed by atoms with van der Waals surface area (Å²) in [6.07, 6.45) is 0. The van der Waals surface area contributed by atoms with Crippen LogP contribution in [0.15, 0.2) is 54.6 Å². The Hall–Kier alpha value is -3.08. The Morgan fingerprint density at radius 1 is 0.762 bits per heavy atom. The summed E-state index contributed by atoms with van der Waals surface area (Å²) in [4.78, 5) is 10.4. The summed E-state index contributed by atoms with van der Waals surface area (Å²) in [5.74, 6) is -0.233. The molecule has 0 aliphatic rings. The molecule has 100 valence electrons. The average molecular weight is 275 g/mol. The van der Waals surface area contributed by atoms with Gasteiger partial charge in [0.05, 0.1) is 5.10 Å². The molecule has 21 heavy (non-hydrogen) atoms. The molecule has 5 heteroatoms. The number of nitro groups is 1. The van der Waals surface area contributed by atoms with Crippen LogP contribution in [0.3, 0.4) is 0 Å². The molecule has 0 N–H and O–H groups in total. The molecule has 0 unspecified atom stereocenters. The van der Waals surface area contributed by atoms with E-state index < -0.39 is 4.92 Å². The van der Waals surface area contributed by atoms with E-state index in [1.54, 1.807) is 0 Å². The van der Waals surface area contributed by atoms with Crippen molar-refractivity contribution in [2.45, 2.75) is 0 Å². The zero-order valence-corrected chi connectivity index (χ0v) is 10.9. The quantitative estimate of drug-likeness (QED) is 0.300. The Balaban J connectivity index is 2.33. The van der Waals surface area contributed by atoms with Crippen LogP contribution in [-0.4, -0.2) is 15.1 Å². The molecule has 1 heterocycles. The van der Waals surface area contributed by atoms with Crippen molar-refractivity contribution >= 4 is 38.3 Å². The van der Waals surface area contributed by atoms with Crippen LogP contribution in [0.25, 0.3) is 32.4 Å². The minimum Gasteiger partial charge on any atom is -0.358 e. The van der Waals surface area contributed by atoms with Crippen LogP contribution in [-0.2, 0) is 0 Å². The predicted molar refractivity (Wildman–Crippen MR) is 81.2 cm³/mol. The van der Waals surface area contributed by atoms with Gasteiger partial charge in [-0.3, -0.25) is 0 Å². The molecule has 0 bridgehead atoms. The second-order valence-electron chi connectivity index (χ2n) is 4.81. The van der Waals surface area contributed by atoms with Crippen molar-refractivity contribution in [1.29, 1.82) is 0 Å². The van der Waals surface area contributed by atoms with Gasteiger partial charge in [0.2, 0.25) is 0 Å². The van der Waals surface area contributed by atoms with Crippen LogP contribution in [0, 0.1) is 10.1 Å². The van der Waals surface area contributed by atoms with Crippen LogP contribution >= 0.6 is 0 Å². The molecule has 0 saturated carbocycles. The Bertz CT molecular complexity index is 992. The number of benzene rings is 3. The molecular weight excluding hydrogens is 266 g/mol. The molecule has 1 aromatic heterocycles. The summed E-state index contributed by atoms with van der Waals surface area (Å²) < 4.78 is 0. The summed E-state index contributed by atoms with van der Waals surface area (Å²) in [6, 6.07) is 17.2. The zero-order chi connectivity index (χ0) is 14.4. The van der Waals surface area contributed by atoms with Crippen molar-refractivity contribution in [3.05, 3.63) is 64.7 Å². The molecule has 0 fully saturated rings. The second kappa shape index (κ2) is 4.21. The first-order chi connectivity index (χ1) is 10.3.